The molecule has 1 rings (SSSR count). The first-order chi connectivity index (χ1) is 7.72. The largest absolute Gasteiger partial charge is 0.494 e. The van der Waals surface area contributed by atoms with Crippen LogP contribution in [-0.2, 0) is 0 Å². The Bertz CT molecular complexity index is 377. The first-order valence-electron chi connectivity index (χ1n) is 5.03. The topological polar surface area (TPSA) is 76.7 Å². The lowest BCUT2D eigenvalue weighted by molar-refractivity contribution is 0.249. The van der Waals surface area contributed by atoms with Crippen LogP contribution in [0.3, 0.4) is 0 Å². The highest BCUT2D eigenvalue weighted by Crippen LogP contribution is 2.12. The molecule has 0 saturated heterocycles. The monoisotopic (exact) mass is 221 g/mol. The van der Waals surface area contributed by atoms with Crippen molar-refractivity contribution in [3.8, 4) is 5.75 Å². The highest BCUT2D eigenvalue weighted by Gasteiger charge is 1.94. The van der Waals surface area contributed by atoms with Gasteiger partial charge in [0.05, 0.1) is 12.8 Å². The third kappa shape index (κ3) is 4.45. The zero-order valence-electron chi connectivity index (χ0n) is 9.14. The van der Waals surface area contributed by atoms with Crippen LogP contribution in [0.5, 0.6) is 5.75 Å². The SMILES string of the molecule is CCCOc1cccc(/C=N/NC(N)=O)c1. The molecule has 0 aliphatic heterocycles. The summed E-state index contributed by atoms with van der Waals surface area (Å²) in [5.74, 6) is 0.782. The Morgan fingerprint density at radius 2 is 2.44 bits per heavy atom. The van der Waals surface area contributed by atoms with Crippen LogP contribution in [0.25, 0.3) is 0 Å². The van der Waals surface area contributed by atoms with E-state index in [0.29, 0.717) is 6.61 Å². The predicted molar refractivity (Wildman–Crippen MR) is 62.5 cm³/mol. The minimum absolute atomic E-state index is 0.681. The highest BCUT2D eigenvalue weighted by atomic mass is 16.5. The minimum atomic E-state index is -0.686. The Labute approximate surface area is 94.3 Å². The van der Waals surface area contributed by atoms with Gasteiger partial charge in [-0.15, -0.1) is 0 Å². The Kier molecular flexibility index (Phi) is 4.85. The highest BCUT2D eigenvalue weighted by molar-refractivity contribution is 5.81. The molecule has 0 bridgehead atoms. The van der Waals surface area contributed by atoms with E-state index in [-0.39, 0.29) is 0 Å². The molecule has 1 aromatic rings. The maximum absolute atomic E-state index is 10.4. The lowest BCUT2D eigenvalue weighted by Gasteiger charge is -2.04. The van der Waals surface area contributed by atoms with Crippen LogP contribution in [0.15, 0.2) is 29.4 Å². The van der Waals surface area contributed by atoms with Gasteiger partial charge in [0.2, 0.25) is 0 Å². The fourth-order valence-corrected chi connectivity index (χ4v) is 1.07. The van der Waals surface area contributed by atoms with Crippen molar-refractivity contribution in [2.45, 2.75) is 13.3 Å². The number of nitrogens with one attached hydrogen (secondary N) is 1. The predicted octanol–water partition coefficient (Wildman–Crippen LogP) is 1.48. The fourth-order valence-electron chi connectivity index (χ4n) is 1.07. The van der Waals surface area contributed by atoms with Gasteiger partial charge in [-0.05, 0) is 24.1 Å². The molecular weight excluding hydrogens is 206 g/mol. The number of carbonyl (C=O) groups is 1. The van der Waals surface area contributed by atoms with Crippen LogP contribution in [0, 0.1) is 0 Å². The molecule has 1 aromatic carbocycles. The molecule has 0 fully saturated rings. The van der Waals surface area contributed by atoms with Crippen LogP contribution in [0.4, 0.5) is 4.79 Å². The van der Waals surface area contributed by atoms with Gasteiger partial charge in [-0.3, -0.25) is 0 Å². The van der Waals surface area contributed by atoms with Crippen molar-refractivity contribution in [3.63, 3.8) is 0 Å². The molecule has 0 heterocycles. The molecule has 0 atom stereocenters. The average Bonchev–Trinajstić information content (AvgIpc) is 2.26. The van der Waals surface area contributed by atoms with E-state index >= 15 is 0 Å². The van der Waals surface area contributed by atoms with Gasteiger partial charge in [0.1, 0.15) is 5.75 Å². The summed E-state index contributed by atoms with van der Waals surface area (Å²) in [6.07, 6.45) is 2.46. The number of benzene rings is 1. The van der Waals surface area contributed by atoms with E-state index in [0.717, 1.165) is 17.7 Å². The third-order valence-corrected chi connectivity index (χ3v) is 1.72. The van der Waals surface area contributed by atoms with Crippen molar-refractivity contribution < 1.29 is 9.53 Å². The normalized spacial score (nSPS) is 10.3. The van der Waals surface area contributed by atoms with E-state index in [2.05, 4.69) is 10.5 Å². The van der Waals surface area contributed by atoms with E-state index in [1.165, 1.54) is 6.21 Å². The van der Waals surface area contributed by atoms with Crippen molar-refractivity contribution in [3.05, 3.63) is 29.8 Å². The summed E-state index contributed by atoms with van der Waals surface area (Å²) >= 11 is 0. The summed E-state index contributed by atoms with van der Waals surface area (Å²) < 4.78 is 5.45. The number of carbonyl (C=O) groups excluding carboxylic acids is 1. The molecule has 2 amide bonds. The Hall–Kier alpha value is -2.04. The van der Waals surface area contributed by atoms with Gasteiger partial charge < -0.3 is 10.5 Å². The van der Waals surface area contributed by atoms with E-state index < -0.39 is 6.03 Å². The molecule has 0 radical (unpaired) electrons. The van der Waals surface area contributed by atoms with Crippen molar-refractivity contribution >= 4 is 12.2 Å². The number of hydrogen-bond acceptors (Lipinski definition) is 3. The number of ether oxygens (including phenoxy) is 1. The first-order valence-corrected chi connectivity index (χ1v) is 5.03. The van der Waals surface area contributed by atoms with E-state index in [4.69, 9.17) is 10.5 Å². The van der Waals surface area contributed by atoms with Gasteiger partial charge >= 0.3 is 6.03 Å². The lowest BCUT2D eigenvalue weighted by atomic mass is 10.2. The van der Waals surface area contributed by atoms with Gasteiger partial charge in [-0.25, -0.2) is 10.2 Å². The van der Waals surface area contributed by atoms with Crippen LogP contribution in [0.2, 0.25) is 0 Å². The molecular formula is C11H15N3O2. The number of amides is 2. The first kappa shape index (κ1) is 12.0. The quantitative estimate of drug-likeness (QED) is 0.583. The molecule has 86 valence electrons. The second-order valence-electron chi connectivity index (χ2n) is 3.16. The smallest absolute Gasteiger partial charge is 0.332 e. The minimum Gasteiger partial charge on any atom is -0.494 e. The summed E-state index contributed by atoms with van der Waals surface area (Å²) in [6, 6.07) is 6.73. The number of urea groups is 1. The summed E-state index contributed by atoms with van der Waals surface area (Å²) in [5, 5.41) is 3.66. The molecule has 0 aromatic heterocycles. The molecule has 5 heteroatoms. The van der Waals surface area contributed by atoms with Gasteiger partial charge in [0.25, 0.3) is 0 Å². The van der Waals surface area contributed by atoms with Gasteiger partial charge in [0.15, 0.2) is 0 Å². The van der Waals surface area contributed by atoms with E-state index in [1.54, 1.807) is 0 Å². The number of hydrazone groups is 1. The molecule has 0 saturated carbocycles. The zero-order chi connectivity index (χ0) is 11.8. The summed E-state index contributed by atoms with van der Waals surface area (Å²) in [4.78, 5) is 10.4. The van der Waals surface area contributed by atoms with Gasteiger partial charge in [0, 0.05) is 0 Å². The van der Waals surface area contributed by atoms with Crippen LogP contribution >= 0.6 is 0 Å². The Morgan fingerprint density at radius 3 is 3.12 bits per heavy atom. The molecule has 0 spiro atoms. The second kappa shape index (κ2) is 6.44. The lowest BCUT2D eigenvalue weighted by Crippen LogP contribution is -2.24. The third-order valence-electron chi connectivity index (χ3n) is 1.72. The van der Waals surface area contributed by atoms with E-state index in [9.17, 15) is 4.79 Å². The number of hydrogen-bond donors (Lipinski definition) is 2. The van der Waals surface area contributed by atoms with Gasteiger partial charge in [-0.2, -0.15) is 5.10 Å². The zero-order valence-corrected chi connectivity index (χ0v) is 9.14. The number of rotatable bonds is 5. The van der Waals surface area contributed by atoms with Crippen molar-refractivity contribution in [2.75, 3.05) is 6.61 Å². The molecule has 0 aliphatic rings. The summed E-state index contributed by atoms with van der Waals surface area (Å²) in [5.41, 5.74) is 7.82. The maximum Gasteiger partial charge on any atom is 0.332 e. The van der Waals surface area contributed by atoms with E-state index in [1.807, 2.05) is 31.2 Å². The van der Waals surface area contributed by atoms with Crippen LogP contribution < -0.4 is 15.9 Å². The molecule has 5 nitrogen and oxygen atoms in total. The summed E-state index contributed by atoms with van der Waals surface area (Å²) in [6.45, 7) is 2.72. The molecule has 16 heavy (non-hydrogen) atoms. The standard InChI is InChI=1S/C11H15N3O2/c1-2-6-16-10-5-3-4-9(7-10)8-13-14-11(12)15/h3-5,7-8H,2,6H2,1H3,(H3,12,14,15)/b13-8+. The van der Waals surface area contributed by atoms with Crippen molar-refractivity contribution in [1.29, 1.82) is 0 Å². The number of nitrogens with two attached hydrogens (primary N) is 1. The van der Waals surface area contributed by atoms with Crippen LogP contribution in [0.1, 0.15) is 18.9 Å². The second-order valence-corrected chi connectivity index (χ2v) is 3.16. The average molecular weight is 221 g/mol. The number of primary amides is 1. The molecule has 0 aliphatic carbocycles. The molecule has 0 unspecified atom stereocenters. The molecule has 3 N–H and O–H groups in total. The van der Waals surface area contributed by atoms with Crippen molar-refractivity contribution in [2.24, 2.45) is 10.8 Å². The van der Waals surface area contributed by atoms with Gasteiger partial charge in [-0.1, -0.05) is 19.1 Å². The fraction of sp³-hybridized carbons (Fsp3) is 0.273. The maximum atomic E-state index is 10.4. The van der Waals surface area contributed by atoms with Crippen molar-refractivity contribution in [1.82, 2.24) is 5.43 Å². The Morgan fingerprint density at radius 1 is 1.62 bits per heavy atom. The van der Waals surface area contributed by atoms with Crippen LogP contribution in [-0.4, -0.2) is 18.9 Å². The number of nitrogens with zero attached hydrogens (tertiary/aromatic N) is 1. The summed E-state index contributed by atoms with van der Waals surface area (Å²) in [7, 11) is 0. The Balaban J connectivity index is 2.59.